The Kier molecular flexibility index (Phi) is 11.5. The Hall–Kier alpha value is -0.360. The summed E-state index contributed by atoms with van der Waals surface area (Å²) in [6.07, 6.45) is 0. The zero-order valence-corrected chi connectivity index (χ0v) is 11.9. The number of likely N-dealkylation sites (N-methyl/N-ethyl adjacent to an activating group) is 2. The number of rotatable bonds is 4. The van der Waals surface area contributed by atoms with Gasteiger partial charge in [-0.25, -0.2) is 0 Å². The van der Waals surface area contributed by atoms with Crippen LogP contribution in [0, 0.1) is 0 Å². The number of halogens is 1. The van der Waals surface area contributed by atoms with Crippen LogP contribution >= 0.6 is 0 Å². The standard InChI is InChI=1S/C5H11NO2.C5H14NO.ClH/c1-6(2,3)4-5(7)8;1-6(2,3)4-5-7;/h4H2,1-3H3;7H,4-5H2,1-3H3;1H/q;+1;/p-1. The predicted octanol–water partition coefficient (Wildman–Crippen LogP) is -4.87. The molecule has 0 radical (unpaired) electrons. The van der Waals surface area contributed by atoms with E-state index in [1.807, 2.05) is 0 Å². The van der Waals surface area contributed by atoms with Crippen molar-refractivity contribution in [3.63, 3.8) is 0 Å². The number of nitrogens with zero attached hydrogens (tertiary/aromatic N) is 2. The second-order valence-corrected chi connectivity index (χ2v) is 5.56. The fraction of sp³-hybridized carbons (Fsp3) is 0.900. The molecule has 0 saturated carbocycles. The average Bonchev–Trinajstić information content (AvgIpc) is 1.77. The third-order valence-electron chi connectivity index (χ3n) is 1.37. The molecule has 6 heteroatoms. The number of carbonyl (C=O) groups is 1. The molecule has 0 heterocycles. The number of hydrogen-bond acceptors (Lipinski definition) is 3. The highest BCUT2D eigenvalue weighted by molar-refractivity contribution is 5.65. The summed E-state index contributed by atoms with van der Waals surface area (Å²) in [4.78, 5) is 9.89. The van der Waals surface area contributed by atoms with Crippen LogP contribution in [0.3, 0.4) is 0 Å². The second kappa shape index (κ2) is 8.75. The summed E-state index contributed by atoms with van der Waals surface area (Å²) in [5, 5.41) is 18.3. The van der Waals surface area contributed by atoms with Gasteiger partial charge < -0.3 is 36.4 Å². The number of aliphatic carboxylic acids is 1. The molecule has 5 nitrogen and oxygen atoms in total. The van der Waals surface area contributed by atoms with Crippen LogP contribution in [0.25, 0.3) is 0 Å². The molecular weight excluding hydrogens is 232 g/mol. The van der Waals surface area contributed by atoms with E-state index in [2.05, 4.69) is 21.1 Å². The van der Waals surface area contributed by atoms with Crippen LogP contribution in [0.1, 0.15) is 0 Å². The first-order chi connectivity index (χ1) is 6.48. The molecule has 16 heavy (non-hydrogen) atoms. The highest BCUT2D eigenvalue weighted by Crippen LogP contribution is 1.85. The lowest BCUT2D eigenvalue weighted by Gasteiger charge is -2.23. The van der Waals surface area contributed by atoms with Crippen LogP contribution < -0.4 is 17.5 Å². The Labute approximate surface area is 105 Å². The molecule has 0 aliphatic heterocycles. The lowest BCUT2D eigenvalue weighted by Crippen LogP contribution is -3.00. The minimum atomic E-state index is -1.00. The van der Waals surface area contributed by atoms with Gasteiger partial charge in [0.05, 0.1) is 54.9 Å². The first-order valence-electron chi connectivity index (χ1n) is 4.89. The summed E-state index contributed by atoms with van der Waals surface area (Å²) in [5.74, 6) is -1.00. The van der Waals surface area contributed by atoms with Crippen molar-refractivity contribution in [2.45, 2.75) is 0 Å². The van der Waals surface area contributed by atoms with Gasteiger partial charge in [0.2, 0.25) is 0 Å². The van der Waals surface area contributed by atoms with E-state index in [1.165, 1.54) is 0 Å². The lowest BCUT2D eigenvalue weighted by molar-refractivity contribution is -0.870. The fourth-order valence-corrected chi connectivity index (χ4v) is 0.687. The molecular formula is C10H25ClN2O3. The quantitative estimate of drug-likeness (QED) is 0.514. The molecule has 0 amide bonds. The Morgan fingerprint density at radius 2 is 1.44 bits per heavy atom. The van der Waals surface area contributed by atoms with E-state index >= 15 is 0 Å². The molecule has 0 spiro atoms. The highest BCUT2D eigenvalue weighted by Gasteiger charge is 2.04. The molecule has 0 aliphatic rings. The molecule has 0 fully saturated rings. The molecule has 0 aromatic carbocycles. The molecule has 0 bridgehead atoms. The molecule has 0 atom stereocenters. The van der Waals surface area contributed by atoms with Crippen molar-refractivity contribution < 1.29 is 36.4 Å². The number of hydrogen-bond donors (Lipinski definition) is 1. The number of carboxylic acid groups (broad SMARTS) is 1. The van der Waals surface area contributed by atoms with Gasteiger partial charge >= 0.3 is 0 Å². The molecule has 0 aliphatic carbocycles. The number of quaternary nitrogens is 2. The van der Waals surface area contributed by atoms with E-state index in [-0.39, 0.29) is 25.6 Å². The minimum absolute atomic E-state index is 0. The largest absolute Gasteiger partial charge is 1.00 e. The van der Waals surface area contributed by atoms with Gasteiger partial charge in [0, 0.05) is 0 Å². The van der Waals surface area contributed by atoms with E-state index in [1.54, 1.807) is 21.1 Å². The van der Waals surface area contributed by atoms with Gasteiger partial charge in [-0.05, 0) is 0 Å². The summed E-state index contributed by atoms with van der Waals surface area (Å²) in [5.41, 5.74) is 0. The van der Waals surface area contributed by atoms with Gasteiger partial charge in [-0.15, -0.1) is 0 Å². The third-order valence-corrected chi connectivity index (χ3v) is 1.37. The van der Waals surface area contributed by atoms with Crippen molar-refractivity contribution in [2.75, 3.05) is 62.0 Å². The number of aliphatic hydroxyl groups is 1. The summed E-state index contributed by atoms with van der Waals surface area (Å²) in [6, 6.07) is 0. The van der Waals surface area contributed by atoms with Crippen molar-refractivity contribution in [2.24, 2.45) is 0 Å². The Morgan fingerprint density at radius 3 is 1.44 bits per heavy atom. The molecule has 1 N–H and O–H groups in total. The topological polar surface area (TPSA) is 60.4 Å². The summed E-state index contributed by atoms with van der Waals surface area (Å²) in [6.45, 7) is 1.18. The number of carbonyl (C=O) groups excluding carboxylic acids is 1. The van der Waals surface area contributed by atoms with Crippen molar-refractivity contribution >= 4 is 5.97 Å². The van der Waals surface area contributed by atoms with Gasteiger partial charge in [-0.3, -0.25) is 0 Å². The van der Waals surface area contributed by atoms with Crippen LogP contribution in [0.2, 0.25) is 0 Å². The van der Waals surface area contributed by atoms with E-state index in [4.69, 9.17) is 5.11 Å². The van der Waals surface area contributed by atoms with Crippen molar-refractivity contribution in [1.29, 1.82) is 0 Å². The van der Waals surface area contributed by atoms with E-state index in [0.717, 1.165) is 11.0 Å². The van der Waals surface area contributed by atoms with Crippen molar-refractivity contribution in [1.82, 2.24) is 0 Å². The summed E-state index contributed by atoms with van der Waals surface area (Å²) in [7, 11) is 11.6. The maximum absolute atomic E-state index is 9.89. The zero-order chi connectivity index (χ0) is 12.7. The molecule has 0 aromatic heterocycles. The summed E-state index contributed by atoms with van der Waals surface area (Å²) < 4.78 is 1.26. The van der Waals surface area contributed by atoms with Crippen LogP contribution in [0.4, 0.5) is 0 Å². The monoisotopic (exact) mass is 256 g/mol. The third kappa shape index (κ3) is 29.2. The normalized spacial score (nSPS) is 10.9. The molecule has 0 unspecified atom stereocenters. The summed E-state index contributed by atoms with van der Waals surface area (Å²) >= 11 is 0. The van der Waals surface area contributed by atoms with Crippen molar-refractivity contribution in [3.05, 3.63) is 0 Å². The molecule has 0 aromatic rings. The molecule has 100 valence electrons. The van der Waals surface area contributed by atoms with Gasteiger partial charge in [0.15, 0.2) is 0 Å². The predicted molar refractivity (Wildman–Crippen MR) is 57.9 cm³/mol. The van der Waals surface area contributed by atoms with Crippen LogP contribution in [-0.4, -0.2) is 82.0 Å². The Balaban J connectivity index is -0.000000200. The maximum Gasteiger partial charge on any atom is 0.118 e. The van der Waals surface area contributed by atoms with Gasteiger partial charge in [0.1, 0.15) is 13.1 Å². The average molecular weight is 257 g/mol. The SMILES string of the molecule is C[N+](C)(C)CC(=O)[O-].C[N+](C)(C)CCO.[Cl-]. The first kappa shape index (κ1) is 21.0. The van der Waals surface area contributed by atoms with Gasteiger partial charge in [-0.2, -0.15) is 0 Å². The van der Waals surface area contributed by atoms with Gasteiger partial charge in [0.25, 0.3) is 0 Å². The van der Waals surface area contributed by atoms with Crippen LogP contribution in [0.15, 0.2) is 0 Å². The van der Waals surface area contributed by atoms with E-state index < -0.39 is 5.97 Å². The maximum atomic E-state index is 9.89. The first-order valence-corrected chi connectivity index (χ1v) is 4.89. The fourth-order valence-electron chi connectivity index (χ4n) is 0.687. The highest BCUT2D eigenvalue weighted by atomic mass is 35.5. The lowest BCUT2D eigenvalue weighted by atomic mass is 10.5. The van der Waals surface area contributed by atoms with Crippen LogP contribution in [-0.2, 0) is 4.79 Å². The van der Waals surface area contributed by atoms with Crippen molar-refractivity contribution in [3.8, 4) is 0 Å². The Morgan fingerprint density at radius 1 is 1.06 bits per heavy atom. The zero-order valence-electron chi connectivity index (χ0n) is 11.2. The van der Waals surface area contributed by atoms with Gasteiger partial charge in [-0.1, -0.05) is 0 Å². The minimum Gasteiger partial charge on any atom is -1.00 e. The molecule has 0 rings (SSSR count). The molecule has 0 saturated heterocycles. The Bertz CT molecular complexity index is 185. The van der Waals surface area contributed by atoms with E-state index in [0.29, 0.717) is 4.48 Å². The number of carboxylic acids is 1. The smallest absolute Gasteiger partial charge is 0.118 e. The van der Waals surface area contributed by atoms with Crippen LogP contribution in [0.5, 0.6) is 0 Å². The second-order valence-electron chi connectivity index (χ2n) is 5.56. The number of aliphatic hydroxyl groups excluding tert-OH is 1. The van der Waals surface area contributed by atoms with E-state index in [9.17, 15) is 9.90 Å².